The van der Waals surface area contributed by atoms with Crippen molar-refractivity contribution < 1.29 is 33.3 Å². The van der Waals surface area contributed by atoms with Crippen LogP contribution in [0.3, 0.4) is 0 Å². The van der Waals surface area contributed by atoms with Crippen molar-refractivity contribution in [1.29, 1.82) is 0 Å². The van der Waals surface area contributed by atoms with E-state index >= 15 is 0 Å². The standard InChI is InChI=1S/C22H22O7/c1-22(2,3)29-21(25)27-14-10-11-16-15(12-14)17(13-8-6-5-7-9-13)18(19(23)26-4)20(24)28-16/h5-12,17-18H,1-4H3. The first-order valence-corrected chi connectivity index (χ1v) is 9.09. The Bertz CT molecular complexity index is 928. The zero-order chi connectivity index (χ0) is 21.2. The predicted octanol–water partition coefficient (Wildman–Crippen LogP) is 3.84. The van der Waals surface area contributed by atoms with Gasteiger partial charge in [-0.1, -0.05) is 30.3 Å². The fourth-order valence-electron chi connectivity index (χ4n) is 3.17. The molecule has 0 spiro atoms. The van der Waals surface area contributed by atoms with Crippen LogP contribution in [0.5, 0.6) is 11.5 Å². The molecule has 3 rings (SSSR count). The van der Waals surface area contributed by atoms with Crippen LogP contribution in [0.4, 0.5) is 4.79 Å². The van der Waals surface area contributed by atoms with Gasteiger partial charge in [0.1, 0.15) is 17.1 Å². The van der Waals surface area contributed by atoms with E-state index in [1.165, 1.54) is 19.2 Å². The third-order valence-corrected chi connectivity index (χ3v) is 4.32. The lowest BCUT2D eigenvalue weighted by Gasteiger charge is -2.31. The van der Waals surface area contributed by atoms with Gasteiger partial charge in [0.05, 0.1) is 7.11 Å². The van der Waals surface area contributed by atoms with Crippen LogP contribution in [0.1, 0.15) is 37.8 Å². The highest BCUT2D eigenvalue weighted by atomic mass is 16.7. The highest BCUT2D eigenvalue weighted by molar-refractivity contribution is 5.99. The fourth-order valence-corrected chi connectivity index (χ4v) is 3.17. The molecular weight excluding hydrogens is 376 g/mol. The maximum atomic E-state index is 12.5. The fraction of sp³-hybridized carbons (Fsp3) is 0.318. The zero-order valence-electron chi connectivity index (χ0n) is 16.6. The maximum absolute atomic E-state index is 12.5. The number of methoxy groups -OCH3 is 1. The molecule has 0 amide bonds. The van der Waals surface area contributed by atoms with Gasteiger partial charge >= 0.3 is 18.1 Å². The number of carbonyl (C=O) groups is 3. The average molecular weight is 398 g/mol. The van der Waals surface area contributed by atoms with Crippen LogP contribution in [-0.2, 0) is 19.1 Å². The second-order valence-electron chi connectivity index (χ2n) is 7.58. The van der Waals surface area contributed by atoms with E-state index in [0.29, 0.717) is 11.3 Å². The van der Waals surface area contributed by atoms with Gasteiger partial charge in [-0.2, -0.15) is 0 Å². The summed E-state index contributed by atoms with van der Waals surface area (Å²) in [4.78, 5) is 36.9. The van der Waals surface area contributed by atoms with E-state index in [4.69, 9.17) is 18.9 Å². The summed E-state index contributed by atoms with van der Waals surface area (Å²) < 4.78 is 20.6. The minimum atomic E-state index is -1.17. The molecule has 2 atom stereocenters. The van der Waals surface area contributed by atoms with E-state index in [0.717, 1.165) is 5.56 Å². The monoisotopic (exact) mass is 398 g/mol. The highest BCUT2D eigenvalue weighted by Crippen LogP contribution is 2.44. The van der Waals surface area contributed by atoms with E-state index in [2.05, 4.69) is 0 Å². The van der Waals surface area contributed by atoms with Crippen molar-refractivity contribution in [1.82, 2.24) is 0 Å². The summed E-state index contributed by atoms with van der Waals surface area (Å²) in [5.41, 5.74) is 0.561. The predicted molar refractivity (Wildman–Crippen MR) is 103 cm³/mol. The molecule has 1 aliphatic rings. The summed E-state index contributed by atoms with van der Waals surface area (Å²) in [6.07, 6.45) is -0.856. The van der Waals surface area contributed by atoms with Crippen molar-refractivity contribution in [3.05, 3.63) is 59.7 Å². The lowest BCUT2D eigenvalue weighted by Crippen LogP contribution is -2.38. The molecule has 1 aliphatic heterocycles. The lowest BCUT2D eigenvalue weighted by atomic mass is 9.78. The molecular formula is C22H22O7. The first-order valence-electron chi connectivity index (χ1n) is 9.09. The quantitative estimate of drug-likeness (QED) is 0.336. The van der Waals surface area contributed by atoms with Gasteiger partial charge in [0.15, 0.2) is 5.92 Å². The van der Waals surface area contributed by atoms with Crippen LogP contribution in [0.25, 0.3) is 0 Å². The molecule has 0 radical (unpaired) electrons. The third-order valence-electron chi connectivity index (χ3n) is 4.32. The van der Waals surface area contributed by atoms with Crippen molar-refractivity contribution in [2.24, 2.45) is 5.92 Å². The number of ether oxygens (including phenoxy) is 4. The van der Waals surface area contributed by atoms with Crippen molar-refractivity contribution in [2.45, 2.75) is 32.3 Å². The van der Waals surface area contributed by atoms with Gasteiger partial charge in [0, 0.05) is 11.5 Å². The Morgan fingerprint density at radius 2 is 1.72 bits per heavy atom. The molecule has 0 saturated carbocycles. The molecule has 0 N–H and O–H groups in total. The Morgan fingerprint density at radius 1 is 1.03 bits per heavy atom. The van der Waals surface area contributed by atoms with Crippen LogP contribution in [0, 0.1) is 5.92 Å². The Hall–Kier alpha value is -3.35. The molecule has 0 fully saturated rings. The van der Waals surface area contributed by atoms with E-state index in [-0.39, 0.29) is 5.75 Å². The number of fused-ring (bicyclic) bond motifs is 1. The Balaban J connectivity index is 2.02. The van der Waals surface area contributed by atoms with Gasteiger partial charge in [0.2, 0.25) is 0 Å². The summed E-state index contributed by atoms with van der Waals surface area (Å²) in [6.45, 7) is 5.19. The number of rotatable bonds is 3. The van der Waals surface area contributed by atoms with E-state index in [1.807, 2.05) is 30.3 Å². The summed E-state index contributed by atoms with van der Waals surface area (Å²) in [5, 5.41) is 0. The Labute approximate surface area is 168 Å². The maximum Gasteiger partial charge on any atom is 0.514 e. The average Bonchev–Trinajstić information content (AvgIpc) is 2.65. The molecule has 2 unspecified atom stereocenters. The smallest absolute Gasteiger partial charge is 0.468 e. The van der Waals surface area contributed by atoms with Crippen molar-refractivity contribution >= 4 is 18.1 Å². The van der Waals surface area contributed by atoms with Gasteiger partial charge < -0.3 is 18.9 Å². The molecule has 0 bridgehead atoms. The summed E-state index contributed by atoms with van der Waals surface area (Å²) in [5.74, 6) is -2.72. The number of esters is 2. The zero-order valence-corrected chi connectivity index (χ0v) is 16.6. The van der Waals surface area contributed by atoms with Crippen LogP contribution < -0.4 is 9.47 Å². The van der Waals surface area contributed by atoms with Gasteiger partial charge in [-0.25, -0.2) is 4.79 Å². The molecule has 1 heterocycles. The van der Waals surface area contributed by atoms with E-state index in [9.17, 15) is 14.4 Å². The number of benzene rings is 2. The van der Waals surface area contributed by atoms with Gasteiger partial charge in [-0.05, 0) is 44.5 Å². The second-order valence-corrected chi connectivity index (χ2v) is 7.58. The molecule has 152 valence electrons. The first-order chi connectivity index (χ1) is 13.7. The van der Waals surface area contributed by atoms with Crippen molar-refractivity contribution in [2.75, 3.05) is 7.11 Å². The molecule has 0 aromatic heterocycles. The molecule has 2 aromatic rings. The summed E-state index contributed by atoms with van der Waals surface area (Å²) >= 11 is 0. The summed E-state index contributed by atoms with van der Waals surface area (Å²) in [6, 6.07) is 13.7. The molecule has 7 heteroatoms. The molecule has 0 saturated heterocycles. The van der Waals surface area contributed by atoms with Gasteiger partial charge in [-0.15, -0.1) is 0 Å². The number of carbonyl (C=O) groups excluding carboxylic acids is 3. The normalized spacial score (nSPS) is 18.3. The first kappa shape index (κ1) is 20.4. The van der Waals surface area contributed by atoms with Crippen molar-refractivity contribution in [3.8, 4) is 11.5 Å². The van der Waals surface area contributed by atoms with Crippen LogP contribution >= 0.6 is 0 Å². The molecule has 0 aliphatic carbocycles. The van der Waals surface area contributed by atoms with E-state index < -0.39 is 35.5 Å². The van der Waals surface area contributed by atoms with Gasteiger partial charge in [-0.3, -0.25) is 9.59 Å². The number of hydrogen-bond donors (Lipinski definition) is 0. The minimum absolute atomic E-state index is 0.209. The van der Waals surface area contributed by atoms with E-state index in [1.54, 1.807) is 26.8 Å². The summed E-state index contributed by atoms with van der Waals surface area (Å²) in [7, 11) is 1.22. The third kappa shape index (κ3) is 4.56. The largest absolute Gasteiger partial charge is 0.514 e. The van der Waals surface area contributed by atoms with Crippen LogP contribution in [-0.4, -0.2) is 30.8 Å². The van der Waals surface area contributed by atoms with Crippen LogP contribution in [0.15, 0.2) is 48.5 Å². The Kier molecular flexibility index (Phi) is 5.59. The molecule has 29 heavy (non-hydrogen) atoms. The topological polar surface area (TPSA) is 88.1 Å². The minimum Gasteiger partial charge on any atom is -0.468 e. The van der Waals surface area contributed by atoms with Crippen molar-refractivity contribution in [3.63, 3.8) is 0 Å². The van der Waals surface area contributed by atoms with Crippen LogP contribution in [0.2, 0.25) is 0 Å². The lowest BCUT2D eigenvalue weighted by molar-refractivity contribution is -0.157. The Morgan fingerprint density at radius 3 is 2.34 bits per heavy atom. The molecule has 7 nitrogen and oxygen atoms in total. The second kappa shape index (κ2) is 7.95. The number of hydrogen-bond acceptors (Lipinski definition) is 7. The SMILES string of the molecule is COC(=O)C1C(=O)Oc2ccc(OC(=O)OC(C)(C)C)cc2C1c1ccccc1. The molecule has 2 aromatic carbocycles. The highest BCUT2D eigenvalue weighted by Gasteiger charge is 2.44. The van der Waals surface area contributed by atoms with Gasteiger partial charge in [0.25, 0.3) is 0 Å².